The van der Waals surface area contributed by atoms with Crippen molar-refractivity contribution < 1.29 is 4.79 Å². The van der Waals surface area contributed by atoms with Gasteiger partial charge in [0.2, 0.25) is 5.91 Å². The lowest BCUT2D eigenvalue weighted by atomic mass is 10.1. The zero-order valence-corrected chi connectivity index (χ0v) is 15.3. The van der Waals surface area contributed by atoms with Gasteiger partial charge in [0.15, 0.2) is 0 Å². The van der Waals surface area contributed by atoms with E-state index in [4.69, 9.17) is 0 Å². The molecule has 0 N–H and O–H groups in total. The minimum Gasteiger partial charge on any atom is -0.341 e. The van der Waals surface area contributed by atoms with E-state index in [9.17, 15) is 4.79 Å². The van der Waals surface area contributed by atoms with Crippen molar-refractivity contribution in [1.82, 2.24) is 19.3 Å². The second kappa shape index (κ2) is 6.81. The third-order valence-corrected chi connectivity index (χ3v) is 5.80. The van der Waals surface area contributed by atoms with Crippen molar-refractivity contribution in [3.8, 4) is 0 Å². The van der Waals surface area contributed by atoms with Crippen LogP contribution in [-0.2, 0) is 17.9 Å². The molecular formula is C20H28N4O. The van der Waals surface area contributed by atoms with E-state index in [0.29, 0.717) is 5.91 Å². The van der Waals surface area contributed by atoms with Crippen molar-refractivity contribution >= 4 is 16.8 Å². The monoisotopic (exact) mass is 340 g/mol. The maximum Gasteiger partial charge on any atom is 0.240 e. The number of fused-ring (bicyclic) bond motifs is 3. The predicted molar refractivity (Wildman–Crippen MR) is 101 cm³/mol. The fraction of sp³-hybridized carbons (Fsp3) is 0.550. The van der Waals surface area contributed by atoms with Gasteiger partial charge in [-0.05, 0) is 31.0 Å². The van der Waals surface area contributed by atoms with Gasteiger partial charge in [0.25, 0.3) is 0 Å². The molecule has 0 radical (unpaired) electrons. The van der Waals surface area contributed by atoms with Crippen LogP contribution in [0.15, 0.2) is 30.3 Å². The Bertz CT molecular complexity index is 760. The first-order chi connectivity index (χ1) is 12.2. The Balaban J connectivity index is 1.51. The largest absolute Gasteiger partial charge is 0.341 e. The van der Waals surface area contributed by atoms with Crippen LogP contribution < -0.4 is 0 Å². The molecule has 1 aromatic heterocycles. The molecule has 1 fully saturated rings. The fourth-order valence-corrected chi connectivity index (χ4v) is 4.28. The number of hydrogen-bond acceptors (Lipinski definition) is 3. The van der Waals surface area contributed by atoms with Gasteiger partial charge in [-0.25, -0.2) is 0 Å². The molecule has 25 heavy (non-hydrogen) atoms. The highest BCUT2D eigenvalue weighted by atomic mass is 16.2. The molecule has 1 atom stereocenters. The summed E-state index contributed by atoms with van der Waals surface area (Å²) in [4.78, 5) is 20.0. The second-order valence-electron chi connectivity index (χ2n) is 7.37. The van der Waals surface area contributed by atoms with E-state index in [0.717, 1.165) is 52.2 Å². The van der Waals surface area contributed by atoms with Crippen LogP contribution in [0.3, 0.4) is 0 Å². The van der Waals surface area contributed by atoms with Gasteiger partial charge in [-0.2, -0.15) is 0 Å². The molecule has 0 unspecified atom stereocenters. The number of rotatable bonds is 3. The number of aromatic nitrogens is 1. The quantitative estimate of drug-likeness (QED) is 0.857. The van der Waals surface area contributed by atoms with E-state index in [1.165, 1.54) is 16.6 Å². The van der Waals surface area contributed by atoms with Crippen LogP contribution in [-0.4, -0.2) is 71.0 Å². The molecular weight excluding hydrogens is 312 g/mol. The van der Waals surface area contributed by atoms with E-state index in [2.05, 4.69) is 63.6 Å². The number of nitrogens with zero attached hydrogens (tertiary/aromatic N) is 4. The number of piperazine rings is 1. The molecule has 2 aliphatic heterocycles. The molecule has 3 heterocycles. The summed E-state index contributed by atoms with van der Waals surface area (Å²) in [6.07, 6.45) is 0.891. The third-order valence-electron chi connectivity index (χ3n) is 5.80. The first-order valence-electron chi connectivity index (χ1n) is 9.46. The molecule has 1 aromatic carbocycles. The zero-order valence-electron chi connectivity index (χ0n) is 15.3. The van der Waals surface area contributed by atoms with Gasteiger partial charge in [-0.3, -0.25) is 9.69 Å². The highest BCUT2D eigenvalue weighted by Crippen LogP contribution is 2.25. The van der Waals surface area contributed by atoms with Gasteiger partial charge in [0, 0.05) is 50.5 Å². The summed E-state index contributed by atoms with van der Waals surface area (Å²) in [6.45, 7) is 8.68. The molecule has 0 aliphatic carbocycles. The second-order valence-corrected chi connectivity index (χ2v) is 7.37. The van der Waals surface area contributed by atoms with Crippen LogP contribution in [0.25, 0.3) is 10.9 Å². The Kier molecular flexibility index (Phi) is 4.52. The van der Waals surface area contributed by atoms with E-state index in [1.807, 2.05) is 0 Å². The van der Waals surface area contributed by atoms with Crippen molar-refractivity contribution in [3.05, 3.63) is 36.0 Å². The topological polar surface area (TPSA) is 31.7 Å². The average molecular weight is 340 g/mol. The number of hydrogen-bond donors (Lipinski definition) is 0. The van der Waals surface area contributed by atoms with E-state index in [1.54, 1.807) is 0 Å². The summed E-state index contributed by atoms with van der Waals surface area (Å²) in [5, 5.41) is 1.28. The number of carbonyl (C=O) groups is 1. The summed E-state index contributed by atoms with van der Waals surface area (Å²) in [5.41, 5.74) is 2.55. The lowest BCUT2D eigenvalue weighted by molar-refractivity contribution is -0.139. The molecule has 2 aliphatic rings. The molecule has 0 bridgehead atoms. The zero-order chi connectivity index (χ0) is 17.4. The predicted octanol–water partition coefficient (Wildman–Crippen LogP) is 2.01. The molecule has 2 aromatic rings. The maximum atomic E-state index is 13.2. The average Bonchev–Trinajstić information content (AvgIpc) is 3.01. The van der Waals surface area contributed by atoms with Gasteiger partial charge in [-0.15, -0.1) is 0 Å². The van der Waals surface area contributed by atoms with E-state index >= 15 is 0 Å². The molecule has 5 nitrogen and oxygen atoms in total. The van der Waals surface area contributed by atoms with Crippen molar-refractivity contribution in [1.29, 1.82) is 0 Å². The van der Waals surface area contributed by atoms with Gasteiger partial charge in [0.05, 0.1) is 12.6 Å². The standard InChI is InChI=1S/C20H28N4O/c1-3-18(22-10-8-21(2)9-11-22)20(25)23-12-13-24-17(15-23)14-16-6-4-5-7-19(16)24/h4-7,14,18H,3,8-13,15H2,1-2H3/t18-/m1/s1. The van der Waals surface area contributed by atoms with Crippen LogP contribution in [0.4, 0.5) is 0 Å². The molecule has 4 rings (SSSR count). The van der Waals surface area contributed by atoms with E-state index in [-0.39, 0.29) is 6.04 Å². The normalized spacial score (nSPS) is 20.6. The Labute approximate surface area is 149 Å². The molecule has 134 valence electrons. The fourth-order valence-electron chi connectivity index (χ4n) is 4.28. The number of para-hydroxylation sites is 1. The van der Waals surface area contributed by atoms with Gasteiger partial charge >= 0.3 is 0 Å². The maximum absolute atomic E-state index is 13.2. The Morgan fingerprint density at radius 3 is 2.60 bits per heavy atom. The van der Waals surface area contributed by atoms with Gasteiger partial charge < -0.3 is 14.4 Å². The highest BCUT2D eigenvalue weighted by molar-refractivity contribution is 5.84. The SMILES string of the molecule is CC[C@H](C(=O)N1CCn2c(cc3ccccc32)C1)N1CCN(C)CC1. The third kappa shape index (κ3) is 3.07. The summed E-state index contributed by atoms with van der Waals surface area (Å²) < 4.78 is 2.37. The molecule has 0 spiro atoms. The molecule has 1 saturated heterocycles. The van der Waals surface area contributed by atoms with Crippen molar-refractivity contribution in [2.24, 2.45) is 0 Å². The summed E-state index contributed by atoms with van der Waals surface area (Å²) in [7, 11) is 2.16. The number of likely N-dealkylation sites (N-methyl/N-ethyl adjacent to an activating group) is 1. The Morgan fingerprint density at radius 2 is 1.84 bits per heavy atom. The van der Waals surface area contributed by atoms with Crippen LogP contribution in [0.1, 0.15) is 19.0 Å². The van der Waals surface area contributed by atoms with Gasteiger partial charge in [-0.1, -0.05) is 25.1 Å². The number of carbonyl (C=O) groups excluding carboxylic acids is 1. The molecule has 0 saturated carbocycles. The highest BCUT2D eigenvalue weighted by Gasteiger charge is 2.32. The number of benzene rings is 1. The van der Waals surface area contributed by atoms with Crippen molar-refractivity contribution in [2.45, 2.75) is 32.5 Å². The van der Waals surface area contributed by atoms with E-state index < -0.39 is 0 Å². The van der Waals surface area contributed by atoms with Crippen LogP contribution >= 0.6 is 0 Å². The molecule has 5 heteroatoms. The summed E-state index contributed by atoms with van der Waals surface area (Å²) in [6, 6.07) is 10.8. The van der Waals surface area contributed by atoms with Crippen molar-refractivity contribution in [3.63, 3.8) is 0 Å². The van der Waals surface area contributed by atoms with Gasteiger partial charge in [0.1, 0.15) is 0 Å². The smallest absolute Gasteiger partial charge is 0.240 e. The summed E-state index contributed by atoms with van der Waals surface area (Å²) >= 11 is 0. The Hall–Kier alpha value is -1.85. The number of amides is 1. The first-order valence-corrected chi connectivity index (χ1v) is 9.46. The first kappa shape index (κ1) is 16.6. The van der Waals surface area contributed by atoms with Crippen LogP contribution in [0.2, 0.25) is 0 Å². The minimum atomic E-state index is 0.0321. The van der Waals surface area contributed by atoms with Crippen molar-refractivity contribution in [2.75, 3.05) is 39.8 Å². The lowest BCUT2D eigenvalue weighted by Crippen LogP contribution is -2.55. The Morgan fingerprint density at radius 1 is 1.08 bits per heavy atom. The minimum absolute atomic E-state index is 0.0321. The van der Waals surface area contributed by atoms with Crippen LogP contribution in [0, 0.1) is 0 Å². The summed E-state index contributed by atoms with van der Waals surface area (Å²) in [5.74, 6) is 0.309. The van der Waals surface area contributed by atoms with Crippen LogP contribution in [0.5, 0.6) is 0 Å². The molecule has 1 amide bonds. The lowest BCUT2D eigenvalue weighted by Gasteiger charge is -2.40.